The summed E-state index contributed by atoms with van der Waals surface area (Å²) in [6.45, 7) is 11.3. The van der Waals surface area contributed by atoms with Crippen LogP contribution in [0.15, 0.2) is 0 Å². The number of esters is 3. The van der Waals surface area contributed by atoms with Crippen molar-refractivity contribution in [2.24, 2.45) is 11.8 Å². The highest BCUT2D eigenvalue weighted by atomic mass is 16.6. The van der Waals surface area contributed by atoms with Crippen LogP contribution in [0.1, 0.15) is 266 Å². The molecule has 0 radical (unpaired) electrons. The largest absolute Gasteiger partial charge is 0.462 e. The van der Waals surface area contributed by atoms with Gasteiger partial charge in [0, 0.05) is 19.3 Å². The van der Waals surface area contributed by atoms with E-state index >= 15 is 0 Å². The zero-order valence-corrected chi connectivity index (χ0v) is 37.6. The topological polar surface area (TPSA) is 78.9 Å². The van der Waals surface area contributed by atoms with Gasteiger partial charge in [0.15, 0.2) is 6.10 Å². The fourth-order valence-corrected chi connectivity index (χ4v) is 7.28. The summed E-state index contributed by atoms with van der Waals surface area (Å²) >= 11 is 0. The van der Waals surface area contributed by atoms with Crippen LogP contribution in [0.4, 0.5) is 0 Å². The molecule has 0 rings (SSSR count). The van der Waals surface area contributed by atoms with Crippen molar-refractivity contribution in [2.75, 3.05) is 13.2 Å². The smallest absolute Gasteiger partial charge is 0.306 e. The monoisotopic (exact) mass is 779 g/mol. The molecular formula is C49H94O6. The third kappa shape index (κ3) is 43.4. The lowest BCUT2D eigenvalue weighted by molar-refractivity contribution is -0.167. The predicted molar refractivity (Wildman–Crippen MR) is 233 cm³/mol. The number of hydrogen-bond acceptors (Lipinski definition) is 6. The van der Waals surface area contributed by atoms with Crippen molar-refractivity contribution >= 4 is 17.9 Å². The Labute approximate surface area is 342 Å². The third-order valence-electron chi connectivity index (χ3n) is 11.0. The van der Waals surface area contributed by atoms with E-state index in [9.17, 15) is 14.4 Å². The third-order valence-corrected chi connectivity index (χ3v) is 11.0. The van der Waals surface area contributed by atoms with Crippen molar-refractivity contribution in [3.63, 3.8) is 0 Å². The maximum Gasteiger partial charge on any atom is 0.306 e. The minimum Gasteiger partial charge on any atom is -0.462 e. The minimum absolute atomic E-state index is 0.0649. The number of carbonyl (C=O) groups is 3. The molecule has 0 spiro atoms. The Bertz CT molecular complexity index is 839. The highest BCUT2D eigenvalue weighted by Gasteiger charge is 2.19. The molecule has 0 aliphatic heterocycles. The molecule has 0 heterocycles. The fraction of sp³-hybridized carbons (Fsp3) is 0.939. The average molecular weight is 779 g/mol. The molecular weight excluding hydrogens is 685 g/mol. The van der Waals surface area contributed by atoms with Crippen LogP contribution < -0.4 is 0 Å². The van der Waals surface area contributed by atoms with Crippen molar-refractivity contribution in [3.05, 3.63) is 0 Å². The van der Waals surface area contributed by atoms with Gasteiger partial charge in [-0.15, -0.1) is 0 Å². The molecule has 0 fully saturated rings. The summed E-state index contributed by atoms with van der Waals surface area (Å²) in [5, 5.41) is 0. The molecule has 0 unspecified atom stereocenters. The Hall–Kier alpha value is -1.59. The van der Waals surface area contributed by atoms with Crippen molar-refractivity contribution in [1.29, 1.82) is 0 Å². The van der Waals surface area contributed by atoms with Gasteiger partial charge in [0.1, 0.15) is 13.2 Å². The molecule has 0 aromatic carbocycles. The Kier molecular flexibility index (Phi) is 40.8. The lowest BCUT2D eigenvalue weighted by Gasteiger charge is -2.18. The number of unbranched alkanes of at least 4 members (excludes halogenated alkanes) is 28. The zero-order chi connectivity index (χ0) is 40.5. The van der Waals surface area contributed by atoms with E-state index in [2.05, 4.69) is 34.6 Å². The summed E-state index contributed by atoms with van der Waals surface area (Å²) in [4.78, 5) is 37.7. The maximum absolute atomic E-state index is 12.7. The molecule has 0 aromatic rings. The van der Waals surface area contributed by atoms with E-state index in [0.29, 0.717) is 19.3 Å². The van der Waals surface area contributed by atoms with E-state index < -0.39 is 6.10 Å². The minimum atomic E-state index is -0.760. The van der Waals surface area contributed by atoms with Gasteiger partial charge in [-0.25, -0.2) is 0 Å². The predicted octanol–water partition coefficient (Wildman–Crippen LogP) is 15.4. The van der Waals surface area contributed by atoms with Crippen LogP contribution in [0.5, 0.6) is 0 Å². The van der Waals surface area contributed by atoms with Crippen molar-refractivity contribution in [3.8, 4) is 0 Å². The van der Waals surface area contributed by atoms with Gasteiger partial charge in [-0.05, 0) is 31.1 Å². The molecule has 0 amide bonds. The van der Waals surface area contributed by atoms with Crippen molar-refractivity contribution < 1.29 is 28.6 Å². The van der Waals surface area contributed by atoms with E-state index in [4.69, 9.17) is 14.2 Å². The van der Waals surface area contributed by atoms with Gasteiger partial charge < -0.3 is 14.2 Å². The SMILES string of the molecule is CCCCCCCCCCCC(=O)OC[C@@H](COC(=O)CCCCCCCCCC(C)C)OC(=O)CCCCCCCCCCCCCCCCCC(C)C. The second kappa shape index (κ2) is 42.0. The highest BCUT2D eigenvalue weighted by Crippen LogP contribution is 2.17. The molecule has 326 valence electrons. The van der Waals surface area contributed by atoms with E-state index in [-0.39, 0.29) is 31.1 Å². The molecule has 0 N–H and O–H groups in total. The van der Waals surface area contributed by atoms with Crippen molar-refractivity contribution in [1.82, 2.24) is 0 Å². The number of hydrogen-bond donors (Lipinski definition) is 0. The molecule has 0 aromatic heterocycles. The van der Waals surface area contributed by atoms with Crippen LogP contribution in [-0.4, -0.2) is 37.2 Å². The first-order valence-corrected chi connectivity index (χ1v) is 24.2. The first-order chi connectivity index (χ1) is 26.7. The normalized spacial score (nSPS) is 12.1. The van der Waals surface area contributed by atoms with Gasteiger partial charge in [-0.3, -0.25) is 14.4 Å². The van der Waals surface area contributed by atoms with Crippen molar-refractivity contribution in [2.45, 2.75) is 272 Å². The number of rotatable bonds is 43. The van der Waals surface area contributed by atoms with Crippen LogP contribution in [-0.2, 0) is 28.6 Å². The van der Waals surface area contributed by atoms with Gasteiger partial charge in [-0.1, -0.05) is 227 Å². The zero-order valence-electron chi connectivity index (χ0n) is 37.6. The number of carbonyl (C=O) groups excluding carboxylic acids is 3. The van der Waals surface area contributed by atoms with E-state index in [1.54, 1.807) is 0 Å². The second-order valence-electron chi connectivity index (χ2n) is 17.7. The molecule has 6 nitrogen and oxygen atoms in total. The van der Waals surface area contributed by atoms with Gasteiger partial charge in [0.2, 0.25) is 0 Å². The molecule has 1 atom stereocenters. The second-order valence-corrected chi connectivity index (χ2v) is 17.7. The van der Waals surface area contributed by atoms with Gasteiger partial charge in [0.25, 0.3) is 0 Å². The molecule has 0 aliphatic carbocycles. The highest BCUT2D eigenvalue weighted by molar-refractivity contribution is 5.71. The molecule has 55 heavy (non-hydrogen) atoms. The van der Waals surface area contributed by atoms with E-state index in [1.807, 2.05) is 0 Å². The fourth-order valence-electron chi connectivity index (χ4n) is 7.28. The average Bonchev–Trinajstić information content (AvgIpc) is 3.15. The number of ether oxygens (including phenoxy) is 3. The first kappa shape index (κ1) is 53.4. The molecule has 0 bridgehead atoms. The quantitative estimate of drug-likeness (QED) is 0.0348. The Morgan fingerprint density at radius 2 is 0.600 bits per heavy atom. The summed E-state index contributed by atoms with van der Waals surface area (Å²) in [7, 11) is 0. The van der Waals surface area contributed by atoms with Crippen LogP contribution in [0.3, 0.4) is 0 Å². The van der Waals surface area contributed by atoms with E-state index in [0.717, 1.165) is 69.6 Å². The lowest BCUT2D eigenvalue weighted by Crippen LogP contribution is -2.30. The van der Waals surface area contributed by atoms with E-state index in [1.165, 1.54) is 154 Å². The Balaban J connectivity index is 4.25. The maximum atomic E-state index is 12.7. The molecule has 0 saturated carbocycles. The van der Waals surface area contributed by atoms with Gasteiger partial charge in [-0.2, -0.15) is 0 Å². The molecule has 0 aliphatic rings. The summed E-state index contributed by atoms with van der Waals surface area (Å²) in [5.74, 6) is 0.772. The van der Waals surface area contributed by atoms with Crippen LogP contribution in [0.25, 0.3) is 0 Å². The van der Waals surface area contributed by atoms with Crippen LogP contribution in [0.2, 0.25) is 0 Å². The summed E-state index contributed by atoms with van der Waals surface area (Å²) < 4.78 is 16.7. The van der Waals surface area contributed by atoms with Gasteiger partial charge >= 0.3 is 17.9 Å². The Morgan fingerprint density at radius 1 is 0.345 bits per heavy atom. The molecule has 6 heteroatoms. The van der Waals surface area contributed by atoms with Crippen LogP contribution >= 0.6 is 0 Å². The molecule has 0 saturated heterocycles. The first-order valence-electron chi connectivity index (χ1n) is 24.2. The van der Waals surface area contributed by atoms with Crippen LogP contribution in [0, 0.1) is 11.8 Å². The standard InChI is InChI=1S/C49H94O6/c1-6-7-8-9-10-18-24-29-34-39-47(50)53-42-46(43-54-48(51)40-35-30-26-21-23-28-33-38-45(4)5)55-49(52)41-36-31-25-20-17-15-13-11-12-14-16-19-22-27-32-37-44(2)3/h44-46H,6-43H2,1-5H3/t46-/m0/s1. The summed E-state index contributed by atoms with van der Waals surface area (Å²) in [6, 6.07) is 0. The Morgan fingerprint density at radius 3 is 0.891 bits per heavy atom. The summed E-state index contributed by atoms with van der Waals surface area (Å²) in [5.41, 5.74) is 0. The lowest BCUT2D eigenvalue weighted by atomic mass is 10.0. The van der Waals surface area contributed by atoms with Gasteiger partial charge in [0.05, 0.1) is 0 Å². The summed E-state index contributed by atoms with van der Waals surface area (Å²) in [6.07, 6.45) is 41.0.